The maximum absolute atomic E-state index is 5.34. The molecule has 0 spiro atoms. The largest absolute Gasteiger partial charge is 0.497 e. The molecule has 3 aromatic rings. The highest BCUT2D eigenvalue weighted by Crippen LogP contribution is 2.23. The second-order valence-corrected chi connectivity index (χ2v) is 6.50. The second kappa shape index (κ2) is 9.19. The van der Waals surface area contributed by atoms with Gasteiger partial charge in [-0.25, -0.2) is 0 Å². The molecule has 2 aromatic carbocycles. The Morgan fingerprint density at radius 2 is 1.44 bits per heavy atom. The van der Waals surface area contributed by atoms with Crippen LogP contribution < -0.4 is 14.8 Å². The zero-order chi connectivity index (χ0) is 19.1. The molecule has 0 fully saturated rings. The molecule has 4 heteroatoms. The molecular weight excluding hydrogens is 336 g/mol. The van der Waals surface area contributed by atoms with Gasteiger partial charge >= 0.3 is 0 Å². The molecule has 1 heterocycles. The Hall–Kier alpha value is -2.85. The van der Waals surface area contributed by atoms with E-state index in [0.717, 1.165) is 24.5 Å². The molecule has 1 N–H and O–H groups in total. The van der Waals surface area contributed by atoms with Crippen LogP contribution in [-0.2, 0) is 6.42 Å². The third kappa shape index (κ3) is 5.08. The van der Waals surface area contributed by atoms with Crippen LogP contribution in [-0.4, -0.2) is 25.7 Å². The number of nitrogens with one attached hydrogen (secondary N) is 1. The number of hydrogen-bond acceptors (Lipinski definition) is 4. The number of methoxy groups -OCH3 is 2. The number of pyridine rings is 1. The number of benzene rings is 2. The van der Waals surface area contributed by atoms with E-state index in [9.17, 15) is 0 Å². The first-order valence-electron chi connectivity index (χ1n) is 9.15. The van der Waals surface area contributed by atoms with E-state index in [-0.39, 0.29) is 6.04 Å². The Morgan fingerprint density at radius 1 is 0.852 bits per heavy atom. The van der Waals surface area contributed by atoms with Crippen LogP contribution in [0.2, 0.25) is 0 Å². The summed E-state index contributed by atoms with van der Waals surface area (Å²) >= 11 is 0. The molecule has 0 amide bonds. The van der Waals surface area contributed by atoms with Gasteiger partial charge in [0.1, 0.15) is 11.5 Å². The highest BCUT2D eigenvalue weighted by molar-refractivity contribution is 5.62. The van der Waals surface area contributed by atoms with Crippen LogP contribution >= 0.6 is 0 Å². The third-order valence-corrected chi connectivity index (χ3v) is 4.70. The van der Waals surface area contributed by atoms with E-state index in [1.54, 1.807) is 14.2 Å². The minimum Gasteiger partial charge on any atom is -0.497 e. The molecule has 0 bridgehead atoms. The van der Waals surface area contributed by atoms with Crippen LogP contribution in [0.3, 0.4) is 0 Å². The summed E-state index contributed by atoms with van der Waals surface area (Å²) in [7, 11) is 3.35. The SMILES string of the molecule is COc1cc(CCNC(C)c2ccc(-c3ccncc3)cc2)cc(OC)c1. The molecule has 0 aliphatic carbocycles. The monoisotopic (exact) mass is 362 g/mol. The smallest absolute Gasteiger partial charge is 0.122 e. The maximum Gasteiger partial charge on any atom is 0.122 e. The molecule has 0 saturated carbocycles. The van der Waals surface area contributed by atoms with Crippen molar-refractivity contribution in [3.05, 3.63) is 78.1 Å². The lowest BCUT2D eigenvalue weighted by Gasteiger charge is -2.15. The van der Waals surface area contributed by atoms with Crippen molar-refractivity contribution in [3.8, 4) is 22.6 Å². The van der Waals surface area contributed by atoms with Gasteiger partial charge in [-0.15, -0.1) is 0 Å². The van der Waals surface area contributed by atoms with Crippen LogP contribution in [0.1, 0.15) is 24.1 Å². The molecule has 1 atom stereocenters. The summed E-state index contributed by atoms with van der Waals surface area (Å²) in [4.78, 5) is 4.07. The van der Waals surface area contributed by atoms with Crippen molar-refractivity contribution >= 4 is 0 Å². The van der Waals surface area contributed by atoms with E-state index in [0.29, 0.717) is 0 Å². The first-order chi connectivity index (χ1) is 13.2. The van der Waals surface area contributed by atoms with E-state index >= 15 is 0 Å². The Balaban J connectivity index is 1.57. The highest BCUT2D eigenvalue weighted by atomic mass is 16.5. The lowest BCUT2D eigenvalue weighted by molar-refractivity contribution is 0.393. The molecule has 3 rings (SSSR count). The number of hydrogen-bond donors (Lipinski definition) is 1. The van der Waals surface area contributed by atoms with Gasteiger partial charge in [-0.05, 0) is 66.4 Å². The second-order valence-electron chi connectivity index (χ2n) is 6.50. The van der Waals surface area contributed by atoms with E-state index in [1.165, 1.54) is 22.3 Å². The fourth-order valence-electron chi connectivity index (χ4n) is 3.07. The van der Waals surface area contributed by atoms with Crippen LogP contribution in [0.4, 0.5) is 0 Å². The summed E-state index contributed by atoms with van der Waals surface area (Å²) in [6, 6.07) is 19.0. The Labute approximate surface area is 161 Å². The molecular formula is C23H26N2O2. The summed E-state index contributed by atoms with van der Waals surface area (Å²) in [6.07, 6.45) is 4.55. The topological polar surface area (TPSA) is 43.4 Å². The molecule has 1 unspecified atom stereocenters. The van der Waals surface area contributed by atoms with Gasteiger partial charge in [0, 0.05) is 24.5 Å². The van der Waals surface area contributed by atoms with Crippen molar-refractivity contribution in [2.45, 2.75) is 19.4 Å². The van der Waals surface area contributed by atoms with E-state index in [2.05, 4.69) is 53.6 Å². The molecule has 4 nitrogen and oxygen atoms in total. The first-order valence-corrected chi connectivity index (χ1v) is 9.15. The minimum absolute atomic E-state index is 0.281. The van der Waals surface area contributed by atoms with Gasteiger partial charge in [0.15, 0.2) is 0 Å². The predicted molar refractivity (Wildman–Crippen MR) is 109 cm³/mol. The van der Waals surface area contributed by atoms with Crippen molar-refractivity contribution in [3.63, 3.8) is 0 Å². The fourth-order valence-corrected chi connectivity index (χ4v) is 3.07. The van der Waals surface area contributed by atoms with Gasteiger partial charge in [0.25, 0.3) is 0 Å². The third-order valence-electron chi connectivity index (χ3n) is 4.70. The summed E-state index contributed by atoms with van der Waals surface area (Å²) in [5.41, 5.74) is 4.86. The van der Waals surface area contributed by atoms with Gasteiger partial charge < -0.3 is 14.8 Å². The average Bonchev–Trinajstić information content (AvgIpc) is 2.74. The van der Waals surface area contributed by atoms with E-state index in [1.807, 2.05) is 30.6 Å². The molecule has 27 heavy (non-hydrogen) atoms. The van der Waals surface area contributed by atoms with Crippen molar-refractivity contribution in [2.24, 2.45) is 0 Å². The van der Waals surface area contributed by atoms with Gasteiger partial charge in [-0.2, -0.15) is 0 Å². The van der Waals surface area contributed by atoms with Crippen molar-refractivity contribution in [1.29, 1.82) is 0 Å². The number of ether oxygens (including phenoxy) is 2. The Morgan fingerprint density at radius 3 is 2.04 bits per heavy atom. The zero-order valence-corrected chi connectivity index (χ0v) is 16.1. The standard InChI is InChI=1S/C23H26N2O2/c1-17(19-4-6-20(7-5-19)21-9-11-24-12-10-21)25-13-8-18-14-22(26-2)16-23(15-18)27-3/h4-7,9-12,14-17,25H,8,13H2,1-3H3. The molecule has 1 aromatic heterocycles. The predicted octanol–water partition coefficient (Wildman–Crippen LogP) is 4.66. The molecule has 140 valence electrons. The lowest BCUT2D eigenvalue weighted by Crippen LogP contribution is -2.21. The van der Waals surface area contributed by atoms with Crippen molar-refractivity contribution in [2.75, 3.05) is 20.8 Å². The molecule has 0 aliphatic heterocycles. The maximum atomic E-state index is 5.34. The number of aromatic nitrogens is 1. The van der Waals surface area contributed by atoms with E-state index < -0.39 is 0 Å². The normalized spacial score (nSPS) is 11.8. The summed E-state index contributed by atoms with van der Waals surface area (Å²) < 4.78 is 10.7. The van der Waals surface area contributed by atoms with Crippen LogP contribution in [0.5, 0.6) is 11.5 Å². The van der Waals surface area contributed by atoms with Gasteiger partial charge in [0.2, 0.25) is 0 Å². The molecule has 0 saturated heterocycles. The van der Waals surface area contributed by atoms with Crippen LogP contribution in [0, 0.1) is 0 Å². The lowest BCUT2D eigenvalue weighted by atomic mass is 10.0. The van der Waals surface area contributed by atoms with Crippen molar-refractivity contribution < 1.29 is 9.47 Å². The number of nitrogens with zero attached hydrogens (tertiary/aromatic N) is 1. The summed E-state index contributed by atoms with van der Waals surface area (Å²) in [5.74, 6) is 1.65. The minimum atomic E-state index is 0.281. The summed E-state index contributed by atoms with van der Waals surface area (Å²) in [5, 5.41) is 3.59. The van der Waals surface area contributed by atoms with Gasteiger partial charge in [0.05, 0.1) is 14.2 Å². The van der Waals surface area contributed by atoms with Gasteiger partial charge in [-0.1, -0.05) is 24.3 Å². The van der Waals surface area contributed by atoms with E-state index in [4.69, 9.17) is 9.47 Å². The van der Waals surface area contributed by atoms with Crippen LogP contribution in [0.25, 0.3) is 11.1 Å². The fraction of sp³-hybridized carbons (Fsp3) is 0.261. The number of rotatable bonds is 8. The van der Waals surface area contributed by atoms with Gasteiger partial charge in [-0.3, -0.25) is 4.98 Å². The Bertz CT molecular complexity index is 826. The first kappa shape index (κ1) is 18.9. The van der Waals surface area contributed by atoms with Crippen molar-refractivity contribution in [1.82, 2.24) is 10.3 Å². The quantitative estimate of drug-likeness (QED) is 0.633. The van der Waals surface area contributed by atoms with Crippen LogP contribution in [0.15, 0.2) is 67.0 Å². The Kier molecular flexibility index (Phi) is 6.44. The average molecular weight is 362 g/mol. The molecule has 0 aliphatic rings. The highest BCUT2D eigenvalue weighted by Gasteiger charge is 2.07. The summed E-state index contributed by atoms with van der Waals surface area (Å²) in [6.45, 7) is 3.07. The molecule has 0 radical (unpaired) electrons. The zero-order valence-electron chi connectivity index (χ0n) is 16.1.